The van der Waals surface area contributed by atoms with Gasteiger partial charge in [-0.05, 0) is 128 Å². The fourth-order valence-electron chi connectivity index (χ4n) is 12.3. The Morgan fingerprint density at radius 2 is 0.795 bits per heavy atom. The molecule has 2 aliphatic carbocycles. The van der Waals surface area contributed by atoms with E-state index < -0.39 is 0 Å². The van der Waals surface area contributed by atoms with Crippen molar-refractivity contribution in [3.8, 4) is 50.2 Å². The number of nitrogens with zero attached hydrogens (tertiary/aromatic N) is 1. The first-order valence-corrected chi connectivity index (χ1v) is 25.6. The minimum atomic E-state index is 0.920. The molecule has 73 heavy (non-hydrogen) atoms. The quantitative estimate of drug-likeness (QED) is 0.178. The molecule has 0 unspecified atom stereocenters. The van der Waals surface area contributed by atoms with Gasteiger partial charge in [0.1, 0.15) is 22.3 Å². The zero-order chi connectivity index (χ0) is 47.9. The number of aromatic nitrogens is 2. The van der Waals surface area contributed by atoms with E-state index in [1.807, 2.05) is 42.5 Å². The van der Waals surface area contributed by atoms with E-state index in [-0.39, 0.29) is 0 Å². The molecule has 4 nitrogen and oxygen atoms in total. The molecule has 0 fully saturated rings. The molecular weight excluding hydrogens is 957 g/mol. The molecule has 0 atom stereocenters. The molecule has 5 heteroatoms. The van der Waals surface area contributed by atoms with Crippen molar-refractivity contribution in [2.45, 2.75) is 0 Å². The van der Waals surface area contributed by atoms with Crippen LogP contribution in [-0.4, -0.2) is 9.55 Å². The van der Waals surface area contributed by atoms with Crippen molar-refractivity contribution >= 4 is 125 Å². The van der Waals surface area contributed by atoms with Gasteiger partial charge >= 0.3 is 0 Å². The SMILES string of the molecule is Brc1ccc2oc3ccccc3c2c1.c1ccc2c(c1)-c1cccc3c1c-2cc1c2ccccc2[nH]c31.c1ccc2c(c1)-c1cccc3c1c-2cc1c2ccccc2n(-c2ccc4oc5ccccc5c4c2)c31. The van der Waals surface area contributed by atoms with Crippen molar-refractivity contribution in [2.75, 3.05) is 0 Å². The molecule has 0 radical (unpaired) electrons. The standard InChI is InChI=1S/C34H19NO.C22H13N.C12H7BrO/c1-2-9-22-21(8-1)25-12-7-13-26-33(25)28(22)19-29-23-10-3-5-14-30(23)35(34(26)29)20-16-17-32-27(18-20)24-11-4-6-15-31(24)36-32;1-2-7-14-13(6-1)16-9-5-10-17-21(16)18(14)12-19-15-8-3-4-11-20(15)23-22(17)19;13-8-5-6-12-10(7-8)9-3-1-2-4-11(9)14-12/h1-19H;1-12,23H;1-7H. The number of nitrogens with one attached hydrogen (secondary N) is 1. The Kier molecular flexibility index (Phi) is 8.57. The maximum absolute atomic E-state index is 6.14. The van der Waals surface area contributed by atoms with Gasteiger partial charge in [-0.2, -0.15) is 0 Å². The van der Waals surface area contributed by atoms with Crippen LogP contribution in [0.25, 0.3) is 159 Å². The van der Waals surface area contributed by atoms with Crippen molar-refractivity contribution in [2.24, 2.45) is 0 Å². The van der Waals surface area contributed by atoms with Crippen molar-refractivity contribution in [3.05, 3.63) is 235 Å². The molecule has 1 N–H and O–H groups in total. The van der Waals surface area contributed by atoms with Crippen LogP contribution in [0.4, 0.5) is 0 Å². The third-order valence-corrected chi connectivity index (χ3v) is 15.9. The molecule has 18 rings (SSSR count). The Morgan fingerprint density at radius 1 is 0.315 bits per heavy atom. The van der Waals surface area contributed by atoms with E-state index in [1.165, 1.54) is 115 Å². The lowest BCUT2D eigenvalue weighted by Crippen LogP contribution is -1.94. The number of H-pyrrole nitrogens is 1. The zero-order valence-corrected chi connectivity index (χ0v) is 40.7. The molecule has 4 heterocycles. The molecule has 0 amide bonds. The Bertz CT molecular complexity index is 5010. The lowest BCUT2D eigenvalue weighted by molar-refractivity contribution is 0.668. The van der Waals surface area contributed by atoms with Gasteiger partial charge in [0, 0.05) is 69.5 Å². The second kappa shape index (κ2) is 15.4. The molecular formula is C68H39BrN2O2. The second-order valence-electron chi connectivity index (χ2n) is 19.3. The summed E-state index contributed by atoms with van der Waals surface area (Å²) in [6.45, 7) is 0. The lowest BCUT2D eigenvalue weighted by atomic mass is 9.99. The summed E-state index contributed by atoms with van der Waals surface area (Å²) in [4.78, 5) is 3.63. The predicted molar refractivity (Wildman–Crippen MR) is 309 cm³/mol. The number of hydrogen-bond donors (Lipinski definition) is 1. The summed E-state index contributed by atoms with van der Waals surface area (Å²) < 4.78 is 15.3. The van der Waals surface area contributed by atoms with Crippen molar-refractivity contribution < 1.29 is 8.83 Å². The maximum Gasteiger partial charge on any atom is 0.135 e. The number of fused-ring (bicyclic) bond motifs is 20. The van der Waals surface area contributed by atoms with Crippen LogP contribution in [0.15, 0.2) is 244 Å². The van der Waals surface area contributed by atoms with E-state index in [9.17, 15) is 0 Å². The van der Waals surface area contributed by atoms with Crippen LogP contribution in [-0.2, 0) is 0 Å². The summed E-state index contributed by atoms with van der Waals surface area (Å²) in [5.74, 6) is 0. The van der Waals surface area contributed by atoms with Gasteiger partial charge in [-0.25, -0.2) is 0 Å². The highest BCUT2D eigenvalue weighted by Crippen LogP contribution is 2.52. The number of furan rings is 2. The van der Waals surface area contributed by atoms with E-state index in [1.54, 1.807) is 0 Å². The van der Waals surface area contributed by atoms with Crippen molar-refractivity contribution in [1.82, 2.24) is 9.55 Å². The number of rotatable bonds is 1. The molecule has 2 aliphatic rings. The molecule has 16 aromatic rings. The van der Waals surface area contributed by atoms with Gasteiger partial charge in [-0.15, -0.1) is 0 Å². The first kappa shape index (κ1) is 40.6. The van der Waals surface area contributed by atoms with E-state index in [4.69, 9.17) is 8.83 Å². The topological polar surface area (TPSA) is 47.0 Å². The summed E-state index contributed by atoms with van der Waals surface area (Å²) in [5.41, 5.74) is 20.6. The van der Waals surface area contributed by atoms with Crippen LogP contribution in [0, 0.1) is 0 Å². The summed E-state index contributed by atoms with van der Waals surface area (Å²) in [7, 11) is 0. The molecule has 4 aromatic heterocycles. The normalized spacial score (nSPS) is 12.2. The van der Waals surface area contributed by atoms with Crippen LogP contribution >= 0.6 is 15.9 Å². The fourth-order valence-corrected chi connectivity index (χ4v) is 12.7. The predicted octanol–water partition coefficient (Wildman–Crippen LogP) is 20.0. The van der Waals surface area contributed by atoms with Gasteiger partial charge in [0.2, 0.25) is 0 Å². The van der Waals surface area contributed by atoms with Gasteiger partial charge in [0.15, 0.2) is 0 Å². The van der Waals surface area contributed by atoms with E-state index in [2.05, 4.69) is 214 Å². The Morgan fingerprint density at radius 3 is 1.48 bits per heavy atom. The smallest absolute Gasteiger partial charge is 0.135 e. The molecule has 12 aromatic carbocycles. The molecule has 0 spiro atoms. The number of aromatic amines is 1. The number of benzene rings is 12. The lowest BCUT2D eigenvalue weighted by Gasteiger charge is -2.11. The second-order valence-corrected chi connectivity index (χ2v) is 20.2. The summed E-state index contributed by atoms with van der Waals surface area (Å²) >= 11 is 3.46. The molecule has 0 aliphatic heterocycles. The first-order chi connectivity index (χ1) is 36.1. The number of hydrogen-bond acceptors (Lipinski definition) is 2. The molecule has 340 valence electrons. The Hall–Kier alpha value is -9.16. The third-order valence-electron chi connectivity index (χ3n) is 15.4. The van der Waals surface area contributed by atoms with E-state index in [0.717, 1.165) is 48.7 Å². The average molecular weight is 996 g/mol. The van der Waals surface area contributed by atoms with Gasteiger partial charge in [0.05, 0.1) is 16.6 Å². The summed E-state index contributed by atoms with van der Waals surface area (Å²) in [6, 6.07) is 82.1. The number of para-hydroxylation sites is 4. The Balaban J connectivity index is 0.000000105. The van der Waals surface area contributed by atoms with Crippen molar-refractivity contribution in [1.29, 1.82) is 0 Å². The highest BCUT2D eigenvalue weighted by atomic mass is 79.9. The number of halogens is 1. The van der Waals surface area contributed by atoms with Gasteiger partial charge in [-0.1, -0.05) is 174 Å². The summed E-state index contributed by atoms with van der Waals surface area (Å²) in [5, 5.41) is 15.2. The van der Waals surface area contributed by atoms with Crippen LogP contribution < -0.4 is 0 Å². The van der Waals surface area contributed by atoms with Gasteiger partial charge in [-0.3, -0.25) is 0 Å². The van der Waals surface area contributed by atoms with E-state index in [0.29, 0.717) is 0 Å². The van der Waals surface area contributed by atoms with Crippen LogP contribution in [0.5, 0.6) is 0 Å². The summed E-state index contributed by atoms with van der Waals surface area (Å²) in [6.07, 6.45) is 0. The molecule has 0 saturated heterocycles. The molecule has 0 saturated carbocycles. The highest BCUT2D eigenvalue weighted by Gasteiger charge is 2.26. The van der Waals surface area contributed by atoms with Crippen LogP contribution in [0.2, 0.25) is 0 Å². The van der Waals surface area contributed by atoms with Gasteiger partial charge < -0.3 is 18.4 Å². The van der Waals surface area contributed by atoms with Crippen molar-refractivity contribution in [3.63, 3.8) is 0 Å². The first-order valence-electron chi connectivity index (χ1n) is 24.8. The zero-order valence-electron chi connectivity index (χ0n) is 39.1. The Labute approximate surface area is 426 Å². The van der Waals surface area contributed by atoms with Crippen LogP contribution in [0.1, 0.15) is 0 Å². The average Bonchev–Trinajstić information content (AvgIpc) is 4.30. The maximum atomic E-state index is 6.14. The van der Waals surface area contributed by atoms with Gasteiger partial charge in [0.25, 0.3) is 0 Å². The molecule has 0 bridgehead atoms. The van der Waals surface area contributed by atoms with Crippen LogP contribution in [0.3, 0.4) is 0 Å². The fraction of sp³-hybridized carbons (Fsp3) is 0. The van der Waals surface area contributed by atoms with E-state index >= 15 is 0 Å². The minimum absolute atomic E-state index is 0.920. The monoisotopic (exact) mass is 994 g/mol. The largest absolute Gasteiger partial charge is 0.456 e. The minimum Gasteiger partial charge on any atom is -0.456 e. The highest BCUT2D eigenvalue weighted by molar-refractivity contribution is 9.10. The third kappa shape index (κ3) is 5.88.